The van der Waals surface area contributed by atoms with E-state index in [4.69, 9.17) is 11.6 Å². The van der Waals surface area contributed by atoms with E-state index in [1.54, 1.807) is 4.90 Å². The average molecular weight is 295 g/mol. The smallest absolute Gasteiger partial charge is 0.222 e. The van der Waals surface area contributed by atoms with Crippen molar-refractivity contribution >= 4 is 17.5 Å². The third-order valence-corrected chi connectivity index (χ3v) is 4.13. The quantitative estimate of drug-likeness (QED) is 0.904. The number of hydrogen-bond acceptors (Lipinski definition) is 2. The number of piperidine rings is 1. The van der Waals surface area contributed by atoms with E-state index in [1.165, 1.54) is 19.3 Å². The van der Waals surface area contributed by atoms with Crippen molar-refractivity contribution in [3.05, 3.63) is 34.9 Å². The molecule has 0 aliphatic carbocycles. The Kier molecular flexibility index (Phi) is 5.86. The Bertz CT molecular complexity index is 427. The van der Waals surface area contributed by atoms with Crippen molar-refractivity contribution < 1.29 is 4.79 Å². The SMILES string of the molecule is CN(Cc1ccc(Cl)cc1)C(=O)CCC1CCCCN1. The van der Waals surface area contributed by atoms with E-state index < -0.39 is 0 Å². The first-order valence-corrected chi connectivity index (χ1v) is 7.75. The van der Waals surface area contributed by atoms with Crippen LogP contribution in [-0.4, -0.2) is 30.4 Å². The van der Waals surface area contributed by atoms with Crippen LogP contribution in [0.5, 0.6) is 0 Å². The Hall–Kier alpha value is -1.06. The van der Waals surface area contributed by atoms with E-state index in [9.17, 15) is 4.79 Å². The highest BCUT2D eigenvalue weighted by molar-refractivity contribution is 6.30. The van der Waals surface area contributed by atoms with Crippen LogP contribution in [-0.2, 0) is 11.3 Å². The van der Waals surface area contributed by atoms with Gasteiger partial charge in [-0.15, -0.1) is 0 Å². The van der Waals surface area contributed by atoms with Gasteiger partial charge in [0.25, 0.3) is 0 Å². The molecule has 1 atom stereocenters. The predicted molar refractivity (Wildman–Crippen MR) is 82.8 cm³/mol. The summed E-state index contributed by atoms with van der Waals surface area (Å²) in [6, 6.07) is 8.18. The molecule has 1 heterocycles. The number of nitrogens with one attached hydrogen (secondary N) is 1. The van der Waals surface area contributed by atoms with Crippen LogP contribution in [0, 0.1) is 0 Å². The van der Waals surface area contributed by atoms with Gasteiger partial charge in [0.15, 0.2) is 0 Å². The van der Waals surface area contributed by atoms with Crippen molar-refractivity contribution in [1.29, 1.82) is 0 Å². The zero-order chi connectivity index (χ0) is 14.4. The van der Waals surface area contributed by atoms with Crippen LogP contribution in [0.3, 0.4) is 0 Å². The number of halogens is 1. The number of carbonyl (C=O) groups is 1. The zero-order valence-corrected chi connectivity index (χ0v) is 12.8. The summed E-state index contributed by atoms with van der Waals surface area (Å²) in [5.74, 6) is 0.215. The first-order chi connectivity index (χ1) is 9.65. The molecule has 1 amide bonds. The molecule has 110 valence electrons. The minimum Gasteiger partial charge on any atom is -0.341 e. The van der Waals surface area contributed by atoms with Gasteiger partial charge in [0.05, 0.1) is 0 Å². The maximum absolute atomic E-state index is 12.1. The molecule has 4 heteroatoms. The predicted octanol–water partition coefficient (Wildman–Crippen LogP) is 3.22. The van der Waals surface area contributed by atoms with E-state index >= 15 is 0 Å². The van der Waals surface area contributed by atoms with E-state index in [0.29, 0.717) is 19.0 Å². The summed E-state index contributed by atoms with van der Waals surface area (Å²) < 4.78 is 0. The molecule has 0 radical (unpaired) electrons. The summed E-state index contributed by atoms with van der Waals surface area (Å²) >= 11 is 5.86. The molecule has 3 nitrogen and oxygen atoms in total. The lowest BCUT2D eigenvalue weighted by Gasteiger charge is -2.24. The third-order valence-electron chi connectivity index (χ3n) is 3.88. The van der Waals surface area contributed by atoms with Crippen LogP contribution in [0.4, 0.5) is 0 Å². The van der Waals surface area contributed by atoms with Gasteiger partial charge in [-0.1, -0.05) is 30.2 Å². The highest BCUT2D eigenvalue weighted by Crippen LogP contribution is 2.14. The number of carbonyl (C=O) groups excluding carboxylic acids is 1. The van der Waals surface area contributed by atoms with Gasteiger partial charge >= 0.3 is 0 Å². The summed E-state index contributed by atoms with van der Waals surface area (Å²) in [5.41, 5.74) is 1.11. The summed E-state index contributed by atoms with van der Waals surface area (Å²) in [5, 5.41) is 4.21. The molecule has 0 spiro atoms. The number of benzene rings is 1. The first kappa shape index (κ1) is 15.3. The van der Waals surface area contributed by atoms with Crippen LogP contribution in [0.2, 0.25) is 5.02 Å². The molecule has 1 aromatic carbocycles. The number of hydrogen-bond donors (Lipinski definition) is 1. The molecule has 1 saturated heterocycles. The Labute approximate surface area is 126 Å². The van der Waals surface area contributed by atoms with Gasteiger partial charge in [-0.3, -0.25) is 4.79 Å². The molecule has 1 unspecified atom stereocenters. The van der Waals surface area contributed by atoms with Gasteiger partial charge in [-0.25, -0.2) is 0 Å². The van der Waals surface area contributed by atoms with Crippen molar-refractivity contribution in [3.63, 3.8) is 0 Å². The lowest BCUT2D eigenvalue weighted by Crippen LogP contribution is -2.35. The summed E-state index contributed by atoms with van der Waals surface area (Å²) in [6.07, 6.45) is 5.33. The first-order valence-electron chi connectivity index (χ1n) is 7.37. The monoisotopic (exact) mass is 294 g/mol. The molecule has 1 aliphatic rings. The minimum atomic E-state index is 0.215. The Morgan fingerprint density at radius 3 is 2.75 bits per heavy atom. The van der Waals surface area contributed by atoms with Gasteiger partial charge in [0.1, 0.15) is 0 Å². The highest BCUT2D eigenvalue weighted by atomic mass is 35.5. The average Bonchev–Trinajstić information content (AvgIpc) is 2.48. The Balaban J connectivity index is 1.75. The topological polar surface area (TPSA) is 32.3 Å². The molecule has 1 fully saturated rings. The molecule has 1 aromatic rings. The number of rotatable bonds is 5. The molecule has 0 aromatic heterocycles. The lowest BCUT2D eigenvalue weighted by atomic mass is 10.0. The molecule has 1 N–H and O–H groups in total. The Morgan fingerprint density at radius 2 is 2.10 bits per heavy atom. The van der Waals surface area contributed by atoms with Crippen molar-refractivity contribution in [2.45, 2.75) is 44.7 Å². The number of nitrogens with zero attached hydrogens (tertiary/aromatic N) is 1. The fraction of sp³-hybridized carbons (Fsp3) is 0.562. The molecular weight excluding hydrogens is 272 g/mol. The summed E-state index contributed by atoms with van der Waals surface area (Å²) in [7, 11) is 1.87. The second-order valence-electron chi connectivity index (χ2n) is 5.56. The van der Waals surface area contributed by atoms with E-state index in [1.807, 2.05) is 31.3 Å². The van der Waals surface area contributed by atoms with Crippen LogP contribution >= 0.6 is 11.6 Å². The lowest BCUT2D eigenvalue weighted by molar-refractivity contribution is -0.130. The second-order valence-corrected chi connectivity index (χ2v) is 6.00. The van der Waals surface area contributed by atoms with Crippen LogP contribution in [0.25, 0.3) is 0 Å². The maximum atomic E-state index is 12.1. The van der Waals surface area contributed by atoms with Crippen LogP contribution in [0.1, 0.15) is 37.7 Å². The fourth-order valence-electron chi connectivity index (χ4n) is 2.61. The molecule has 1 aliphatic heterocycles. The summed E-state index contributed by atoms with van der Waals surface area (Å²) in [6.45, 7) is 1.74. The molecule has 20 heavy (non-hydrogen) atoms. The molecular formula is C16H23ClN2O. The minimum absolute atomic E-state index is 0.215. The summed E-state index contributed by atoms with van der Waals surface area (Å²) in [4.78, 5) is 13.9. The molecule has 2 rings (SSSR count). The molecule has 0 bridgehead atoms. The maximum Gasteiger partial charge on any atom is 0.222 e. The standard InChI is InChI=1S/C16H23ClN2O/c1-19(12-13-5-7-14(17)8-6-13)16(20)10-9-15-4-2-3-11-18-15/h5-8,15,18H,2-4,9-12H2,1H3. The van der Waals surface area contributed by atoms with Gasteiger partial charge in [0.2, 0.25) is 5.91 Å². The van der Waals surface area contributed by atoms with Crippen molar-refractivity contribution in [1.82, 2.24) is 10.2 Å². The largest absolute Gasteiger partial charge is 0.341 e. The van der Waals surface area contributed by atoms with E-state index in [-0.39, 0.29) is 5.91 Å². The van der Waals surface area contributed by atoms with Gasteiger partial charge in [-0.2, -0.15) is 0 Å². The number of amides is 1. The van der Waals surface area contributed by atoms with Crippen molar-refractivity contribution in [2.24, 2.45) is 0 Å². The van der Waals surface area contributed by atoms with E-state index in [0.717, 1.165) is 23.6 Å². The second kappa shape index (κ2) is 7.65. The van der Waals surface area contributed by atoms with Crippen LogP contribution in [0.15, 0.2) is 24.3 Å². The normalized spacial score (nSPS) is 18.8. The van der Waals surface area contributed by atoms with Gasteiger partial charge < -0.3 is 10.2 Å². The van der Waals surface area contributed by atoms with Crippen molar-refractivity contribution in [2.75, 3.05) is 13.6 Å². The van der Waals surface area contributed by atoms with E-state index in [2.05, 4.69) is 5.32 Å². The highest BCUT2D eigenvalue weighted by Gasteiger charge is 2.16. The Morgan fingerprint density at radius 1 is 1.35 bits per heavy atom. The molecule has 0 saturated carbocycles. The zero-order valence-electron chi connectivity index (χ0n) is 12.1. The van der Waals surface area contributed by atoms with Gasteiger partial charge in [-0.05, 0) is 43.5 Å². The van der Waals surface area contributed by atoms with Gasteiger partial charge in [0, 0.05) is 31.1 Å². The van der Waals surface area contributed by atoms with Crippen LogP contribution < -0.4 is 5.32 Å². The third kappa shape index (κ3) is 4.80. The fourth-order valence-corrected chi connectivity index (χ4v) is 2.74. The van der Waals surface area contributed by atoms with Crippen molar-refractivity contribution in [3.8, 4) is 0 Å².